The van der Waals surface area contributed by atoms with Crippen molar-refractivity contribution < 1.29 is 9.53 Å². The lowest BCUT2D eigenvalue weighted by Gasteiger charge is -2.03. The Bertz CT molecular complexity index is 143. The third kappa shape index (κ3) is 13.6. The van der Waals surface area contributed by atoms with Crippen molar-refractivity contribution >= 4 is 5.78 Å². The molecule has 0 aromatic rings. The Labute approximate surface area is 94.4 Å². The number of ether oxygens (including phenoxy) is 1. The molecule has 0 aromatic heterocycles. The molecule has 0 unspecified atom stereocenters. The van der Waals surface area contributed by atoms with Gasteiger partial charge in [-0.25, -0.2) is 0 Å². The molecule has 0 spiro atoms. The summed E-state index contributed by atoms with van der Waals surface area (Å²) in [6, 6.07) is 0. The molecule has 0 radical (unpaired) electrons. The fourth-order valence-corrected chi connectivity index (χ4v) is 1.51. The minimum atomic E-state index is 0.262. The molecular weight excluding hydrogens is 188 g/mol. The highest BCUT2D eigenvalue weighted by atomic mass is 16.5. The van der Waals surface area contributed by atoms with E-state index in [-0.39, 0.29) is 5.78 Å². The molecule has 0 aliphatic carbocycles. The largest absolute Gasteiger partial charge is 0.381 e. The molecule has 0 atom stereocenters. The molecule has 0 aromatic carbocycles. The van der Waals surface area contributed by atoms with Crippen LogP contribution in [-0.2, 0) is 9.53 Å². The van der Waals surface area contributed by atoms with Crippen molar-refractivity contribution in [3.8, 4) is 0 Å². The number of ketones is 1. The van der Waals surface area contributed by atoms with Gasteiger partial charge in [0.1, 0.15) is 5.78 Å². The molecule has 0 fully saturated rings. The topological polar surface area (TPSA) is 26.3 Å². The van der Waals surface area contributed by atoms with E-state index in [1.807, 2.05) is 0 Å². The molecule has 0 saturated carbocycles. The Hall–Kier alpha value is -0.370. The van der Waals surface area contributed by atoms with Gasteiger partial charge in [0, 0.05) is 19.6 Å². The van der Waals surface area contributed by atoms with Gasteiger partial charge >= 0.3 is 0 Å². The number of Topliss-reactive ketones (excluding diaryl/α,β-unsaturated/α-hetero) is 1. The van der Waals surface area contributed by atoms with E-state index >= 15 is 0 Å². The molecule has 90 valence electrons. The molecular formula is C13H26O2. The summed E-state index contributed by atoms with van der Waals surface area (Å²) in [5, 5.41) is 0. The summed E-state index contributed by atoms with van der Waals surface area (Å²) in [6.45, 7) is 5.48. The number of carbonyl (C=O) groups is 1. The van der Waals surface area contributed by atoms with E-state index in [1.54, 1.807) is 6.92 Å². The van der Waals surface area contributed by atoms with Gasteiger partial charge in [0.15, 0.2) is 0 Å². The summed E-state index contributed by atoms with van der Waals surface area (Å²) in [4.78, 5) is 10.6. The van der Waals surface area contributed by atoms with Gasteiger partial charge in [0.2, 0.25) is 0 Å². The van der Waals surface area contributed by atoms with Crippen LogP contribution in [0.25, 0.3) is 0 Å². The maximum atomic E-state index is 10.6. The lowest BCUT2D eigenvalue weighted by molar-refractivity contribution is -0.117. The van der Waals surface area contributed by atoms with Crippen LogP contribution in [0.2, 0.25) is 0 Å². The quantitative estimate of drug-likeness (QED) is 0.490. The highest BCUT2D eigenvalue weighted by molar-refractivity contribution is 5.75. The summed E-state index contributed by atoms with van der Waals surface area (Å²) in [7, 11) is 0. The third-order valence-corrected chi connectivity index (χ3v) is 2.46. The van der Waals surface area contributed by atoms with E-state index in [9.17, 15) is 4.79 Å². The minimum Gasteiger partial charge on any atom is -0.381 e. The Morgan fingerprint density at radius 3 is 2.20 bits per heavy atom. The zero-order chi connectivity index (χ0) is 11.4. The molecule has 0 aliphatic rings. The van der Waals surface area contributed by atoms with Crippen molar-refractivity contribution in [3.63, 3.8) is 0 Å². The number of carbonyl (C=O) groups excluding carboxylic acids is 1. The zero-order valence-electron chi connectivity index (χ0n) is 10.4. The molecule has 15 heavy (non-hydrogen) atoms. The maximum absolute atomic E-state index is 10.6. The zero-order valence-corrected chi connectivity index (χ0v) is 10.4. The minimum absolute atomic E-state index is 0.262. The molecule has 0 heterocycles. The average molecular weight is 214 g/mol. The lowest BCUT2D eigenvalue weighted by atomic mass is 10.1. The second-order valence-electron chi connectivity index (χ2n) is 4.19. The summed E-state index contributed by atoms with van der Waals surface area (Å²) in [6.07, 6.45) is 9.37. The van der Waals surface area contributed by atoms with Gasteiger partial charge in [-0.15, -0.1) is 0 Å². The van der Waals surface area contributed by atoms with Crippen LogP contribution in [-0.4, -0.2) is 19.0 Å². The predicted molar refractivity (Wildman–Crippen MR) is 64.1 cm³/mol. The predicted octanol–water partition coefficient (Wildman–Crippen LogP) is 3.73. The first-order valence-electron chi connectivity index (χ1n) is 6.34. The van der Waals surface area contributed by atoms with Crippen LogP contribution in [0, 0.1) is 0 Å². The van der Waals surface area contributed by atoms with Crippen LogP contribution < -0.4 is 0 Å². The van der Waals surface area contributed by atoms with Crippen molar-refractivity contribution in [2.45, 2.75) is 65.2 Å². The Morgan fingerprint density at radius 1 is 0.933 bits per heavy atom. The van der Waals surface area contributed by atoms with Gasteiger partial charge < -0.3 is 9.53 Å². The Morgan fingerprint density at radius 2 is 1.53 bits per heavy atom. The van der Waals surface area contributed by atoms with E-state index in [1.165, 1.54) is 38.5 Å². The molecule has 2 heteroatoms. The first kappa shape index (κ1) is 14.6. The second kappa shape index (κ2) is 11.7. The van der Waals surface area contributed by atoms with E-state index in [2.05, 4.69) is 6.92 Å². The van der Waals surface area contributed by atoms with E-state index < -0.39 is 0 Å². The van der Waals surface area contributed by atoms with Crippen LogP contribution in [0.1, 0.15) is 65.2 Å². The first-order valence-corrected chi connectivity index (χ1v) is 6.34. The van der Waals surface area contributed by atoms with E-state index in [0.29, 0.717) is 6.42 Å². The average Bonchev–Trinajstić information content (AvgIpc) is 2.20. The van der Waals surface area contributed by atoms with Gasteiger partial charge in [-0.1, -0.05) is 39.0 Å². The van der Waals surface area contributed by atoms with Crippen molar-refractivity contribution in [2.24, 2.45) is 0 Å². The number of rotatable bonds is 11. The smallest absolute Gasteiger partial charge is 0.129 e. The van der Waals surface area contributed by atoms with Gasteiger partial charge in [-0.2, -0.15) is 0 Å². The standard InChI is InChI=1S/C13H26O2/c1-3-4-5-6-7-8-11-15-12-9-10-13(2)14/h3-12H2,1-2H3. The van der Waals surface area contributed by atoms with E-state index in [0.717, 1.165) is 19.6 Å². The molecule has 0 aliphatic heterocycles. The third-order valence-electron chi connectivity index (χ3n) is 2.46. The highest BCUT2D eigenvalue weighted by Gasteiger charge is 1.94. The van der Waals surface area contributed by atoms with Crippen LogP contribution in [0.15, 0.2) is 0 Å². The van der Waals surface area contributed by atoms with Crippen LogP contribution in [0.3, 0.4) is 0 Å². The Balaban J connectivity index is 2.89. The van der Waals surface area contributed by atoms with Gasteiger partial charge in [0.25, 0.3) is 0 Å². The molecule has 0 N–H and O–H groups in total. The molecule has 0 amide bonds. The van der Waals surface area contributed by atoms with Crippen molar-refractivity contribution in [1.29, 1.82) is 0 Å². The highest BCUT2D eigenvalue weighted by Crippen LogP contribution is 2.05. The van der Waals surface area contributed by atoms with Crippen molar-refractivity contribution in [3.05, 3.63) is 0 Å². The van der Waals surface area contributed by atoms with E-state index in [4.69, 9.17) is 4.74 Å². The van der Waals surface area contributed by atoms with Crippen molar-refractivity contribution in [1.82, 2.24) is 0 Å². The Kier molecular flexibility index (Phi) is 11.4. The van der Waals surface area contributed by atoms with Crippen molar-refractivity contribution in [2.75, 3.05) is 13.2 Å². The van der Waals surface area contributed by atoms with Gasteiger partial charge in [-0.05, 0) is 19.8 Å². The molecule has 2 nitrogen and oxygen atoms in total. The van der Waals surface area contributed by atoms with Gasteiger partial charge in [-0.3, -0.25) is 0 Å². The maximum Gasteiger partial charge on any atom is 0.129 e. The number of hydrogen-bond acceptors (Lipinski definition) is 2. The summed E-state index contributed by atoms with van der Waals surface area (Å²) >= 11 is 0. The fourth-order valence-electron chi connectivity index (χ4n) is 1.51. The lowest BCUT2D eigenvalue weighted by Crippen LogP contribution is -1.99. The first-order chi connectivity index (χ1) is 7.27. The molecule has 0 rings (SSSR count). The molecule has 0 saturated heterocycles. The SMILES string of the molecule is CCCCCCCCOCCCC(C)=O. The van der Waals surface area contributed by atoms with Crippen LogP contribution >= 0.6 is 0 Å². The number of unbranched alkanes of at least 4 members (excludes halogenated alkanes) is 5. The summed E-state index contributed by atoms with van der Waals surface area (Å²) in [5.41, 5.74) is 0. The fraction of sp³-hybridized carbons (Fsp3) is 0.923. The van der Waals surface area contributed by atoms with Crippen LogP contribution in [0.4, 0.5) is 0 Å². The number of hydrogen-bond donors (Lipinski definition) is 0. The normalized spacial score (nSPS) is 10.5. The van der Waals surface area contributed by atoms with Gasteiger partial charge in [0.05, 0.1) is 0 Å². The summed E-state index contributed by atoms with van der Waals surface area (Å²) in [5.74, 6) is 0.262. The van der Waals surface area contributed by atoms with Crippen LogP contribution in [0.5, 0.6) is 0 Å². The monoisotopic (exact) mass is 214 g/mol. The summed E-state index contributed by atoms with van der Waals surface area (Å²) < 4.78 is 5.44. The second-order valence-corrected chi connectivity index (χ2v) is 4.19. The molecule has 0 bridgehead atoms.